The summed E-state index contributed by atoms with van der Waals surface area (Å²) in [7, 11) is 0. The fraction of sp³-hybridized carbons (Fsp3) is 0.765. The number of carbonyl (C=O) groups is 1. The van der Waals surface area contributed by atoms with E-state index in [1.54, 1.807) is 4.68 Å². The highest BCUT2D eigenvalue weighted by molar-refractivity contribution is 5.76. The molecule has 1 saturated heterocycles. The standard InChI is InChI=1S/C17H28N4O2/c1-2-14-5-3-4-6-16(14)19-15-11-18-21(12-15)13-17(22)20-7-9-23-10-8-20/h11-12,14,16,19H,2-10,13H2,1H3/t14-,16+/m1/s1. The molecule has 6 heteroatoms. The molecule has 2 atom stereocenters. The van der Waals surface area contributed by atoms with Gasteiger partial charge in [0, 0.05) is 25.3 Å². The number of anilines is 1. The molecular formula is C17H28N4O2. The SMILES string of the molecule is CC[C@@H]1CCCC[C@@H]1Nc1cnn(CC(=O)N2CCOCC2)c1. The first-order valence-corrected chi connectivity index (χ1v) is 8.90. The van der Waals surface area contributed by atoms with Crippen molar-refractivity contribution in [3.05, 3.63) is 12.4 Å². The van der Waals surface area contributed by atoms with Gasteiger partial charge in [0.2, 0.25) is 5.91 Å². The van der Waals surface area contributed by atoms with E-state index < -0.39 is 0 Å². The van der Waals surface area contributed by atoms with Crippen LogP contribution in [-0.4, -0.2) is 52.9 Å². The Morgan fingerprint density at radius 3 is 2.91 bits per heavy atom. The van der Waals surface area contributed by atoms with Crippen LogP contribution in [0.4, 0.5) is 5.69 Å². The molecule has 3 rings (SSSR count). The lowest BCUT2D eigenvalue weighted by Gasteiger charge is -2.31. The van der Waals surface area contributed by atoms with Crippen LogP contribution in [0, 0.1) is 5.92 Å². The lowest BCUT2D eigenvalue weighted by atomic mass is 9.83. The van der Waals surface area contributed by atoms with Crippen molar-refractivity contribution in [2.75, 3.05) is 31.6 Å². The fourth-order valence-corrected chi connectivity index (χ4v) is 3.68. The predicted molar refractivity (Wildman–Crippen MR) is 89.3 cm³/mol. The maximum absolute atomic E-state index is 12.3. The summed E-state index contributed by atoms with van der Waals surface area (Å²) in [5.74, 6) is 0.870. The van der Waals surface area contributed by atoms with Crippen molar-refractivity contribution >= 4 is 11.6 Å². The van der Waals surface area contributed by atoms with E-state index in [4.69, 9.17) is 4.74 Å². The van der Waals surface area contributed by atoms with Gasteiger partial charge < -0.3 is 15.0 Å². The number of ether oxygens (including phenoxy) is 1. The fourth-order valence-electron chi connectivity index (χ4n) is 3.68. The van der Waals surface area contributed by atoms with Crippen LogP contribution in [0.15, 0.2) is 12.4 Å². The van der Waals surface area contributed by atoms with Crippen LogP contribution in [0.25, 0.3) is 0 Å². The Labute approximate surface area is 138 Å². The number of carbonyl (C=O) groups excluding carboxylic acids is 1. The zero-order valence-electron chi connectivity index (χ0n) is 14.0. The summed E-state index contributed by atoms with van der Waals surface area (Å²) in [6.45, 7) is 5.23. The van der Waals surface area contributed by atoms with Gasteiger partial charge in [-0.25, -0.2) is 0 Å². The summed E-state index contributed by atoms with van der Waals surface area (Å²) >= 11 is 0. The van der Waals surface area contributed by atoms with Crippen LogP contribution >= 0.6 is 0 Å². The maximum Gasteiger partial charge on any atom is 0.244 e. The Balaban J connectivity index is 1.54. The zero-order chi connectivity index (χ0) is 16.1. The van der Waals surface area contributed by atoms with Gasteiger partial charge in [0.1, 0.15) is 6.54 Å². The van der Waals surface area contributed by atoms with E-state index in [0.29, 0.717) is 38.9 Å². The number of hydrogen-bond acceptors (Lipinski definition) is 4. The summed E-state index contributed by atoms with van der Waals surface area (Å²) in [5, 5.41) is 7.97. The second-order valence-corrected chi connectivity index (χ2v) is 6.62. The number of amides is 1. The molecule has 2 fully saturated rings. The van der Waals surface area contributed by atoms with Crippen LogP contribution in [0.1, 0.15) is 39.0 Å². The van der Waals surface area contributed by atoms with Crippen molar-refractivity contribution in [3.8, 4) is 0 Å². The van der Waals surface area contributed by atoms with Gasteiger partial charge in [-0.1, -0.05) is 26.2 Å². The van der Waals surface area contributed by atoms with E-state index in [2.05, 4.69) is 17.3 Å². The first-order chi connectivity index (χ1) is 11.3. The van der Waals surface area contributed by atoms with Crippen LogP contribution in [-0.2, 0) is 16.1 Å². The topological polar surface area (TPSA) is 59.4 Å². The number of rotatable bonds is 5. The minimum atomic E-state index is 0.118. The van der Waals surface area contributed by atoms with E-state index in [1.807, 2.05) is 17.3 Å². The number of morpholine rings is 1. The van der Waals surface area contributed by atoms with Crippen molar-refractivity contribution in [3.63, 3.8) is 0 Å². The average Bonchev–Trinajstić information content (AvgIpc) is 3.03. The molecule has 1 amide bonds. The maximum atomic E-state index is 12.3. The number of nitrogens with one attached hydrogen (secondary N) is 1. The predicted octanol–water partition coefficient (Wildman–Crippen LogP) is 2.12. The number of nitrogens with zero attached hydrogens (tertiary/aromatic N) is 3. The van der Waals surface area contributed by atoms with Gasteiger partial charge >= 0.3 is 0 Å². The molecule has 23 heavy (non-hydrogen) atoms. The molecule has 128 valence electrons. The molecule has 1 aliphatic heterocycles. The first-order valence-electron chi connectivity index (χ1n) is 8.90. The summed E-state index contributed by atoms with van der Waals surface area (Å²) in [6, 6.07) is 0.543. The molecule has 0 radical (unpaired) electrons. The van der Waals surface area contributed by atoms with Crippen LogP contribution in [0.3, 0.4) is 0 Å². The van der Waals surface area contributed by atoms with Gasteiger partial charge in [0.05, 0.1) is 25.1 Å². The highest BCUT2D eigenvalue weighted by Crippen LogP contribution is 2.29. The lowest BCUT2D eigenvalue weighted by molar-refractivity contribution is -0.136. The third-order valence-corrected chi connectivity index (χ3v) is 5.08. The van der Waals surface area contributed by atoms with Gasteiger partial charge in [0.25, 0.3) is 0 Å². The lowest BCUT2D eigenvalue weighted by Crippen LogP contribution is -2.42. The van der Waals surface area contributed by atoms with Crippen LogP contribution in [0.2, 0.25) is 0 Å². The van der Waals surface area contributed by atoms with Crippen molar-refractivity contribution in [1.82, 2.24) is 14.7 Å². The van der Waals surface area contributed by atoms with E-state index in [0.717, 1.165) is 11.6 Å². The summed E-state index contributed by atoms with van der Waals surface area (Å²) in [5.41, 5.74) is 1.03. The molecule has 1 saturated carbocycles. The van der Waals surface area contributed by atoms with Gasteiger partial charge in [-0.05, 0) is 18.8 Å². The monoisotopic (exact) mass is 320 g/mol. The Kier molecular flexibility index (Phi) is 5.54. The third-order valence-electron chi connectivity index (χ3n) is 5.08. The van der Waals surface area contributed by atoms with Crippen molar-refractivity contribution in [2.45, 2.75) is 51.6 Å². The highest BCUT2D eigenvalue weighted by Gasteiger charge is 2.24. The largest absolute Gasteiger partial charge is 0.379 e. The van der Waals surface area contributed by atoms with Gasteiger partial charge in [-0.2, -0.15) is 5.10 Å². The van der Waals surface area contributed by atoms with E-state index >= 15 is 0 Å². The molecule has 6 nitrogen and oxygen atoms in total. The molecule has 1 aromatic rings. The molecule has 1 aliphatic carbocycles. The normalized spacial score (nSPS) is 25.3. The Morgan fingerprint density at radius 1 is 1.35 bits per heavy atom. The average molecular weight is 320 g/mol. The second kappa shape index (κ2) is 7.81. The van der Waals surface area contributed by atoms with Crippen molar-refractivity contribution in [1.29, 1.82) is 0 Å². The van der Waals surface area contributed by atoms with E-state index in [-0.39, 0.29) is 5.91 Å². The van der Waals surface area contributed by atoms with E-state index in [9.17, 15) is 4.79 Å². The number of aromatic nitrogens is 2. The van der Waals surface area contributed by atoms with Gasteiger partial charge in [0.15, 0.2) is 0 Å². The molecular weight excluding hydrogens is 292 g/mol. The molecule has 0 bridgehead atoms. The Morgan fingerprint density at radius 2 is 2.13 bits per heavy atom. The summed E-state index contributed by atoms with van der Waals surface area (Å²) < 4.78 is 7.02. The first kappa shape index (κ1) is 16.3. The molecule has 0 aromatic carbocycles. The third kappa shape index (κ3) is 4.25. The molecule has 1 aromatic heterocycles. The van der Waals surface area contributed by atoms with E-state index in [1.165, 1.54) is 32.1 Å². The smallest absolute Gasteiger partial charge is 0.244 e. The summed E-state index contributed by atoms with van der Waals surface area (Å²) in [4.78, 5) is 14.1. The second-order valence-electron chi connectivity index (χ2n) is 6.62. The summed E-state index contributed by atoms with van der Waals surface area (Å²) in [6.07, 6.45) is 10.2. The molecule has 0 spiro atoms. The van der Waals surface area contributed by atoms with Crippen molar-refractivity contribution in [2.24, 2.45) is 5.92 Å². The minimum absolute atomic E-state index is 0.118. The van der Waals surface area contributed by atoms with Crippen LogP contribution < -0.4 is 5.32 Å². The number of hydrogen-bond donors (Lipinski definition) is 1. The zero-order valence-corrected chi connectivity index (χ0v) is 14.0. The Bertz CT molecular complexity index is 510. The molecule has 0 unspecified atom stereocenters. The molecule has 2 aliphatic rings. The Hall–Kier alpha value is -1.56. The molecule has 1 N–H and O–H groups in total. The van der Waals surface area contributed by atoms with Gasteiger partial charge in [-0.3, -0.25) is 9.48 Å². The highest BCUT2D eigenvalue weighted by atomic mass is 16.5. The minimum Gasteiger partial charge on any atom is -0.379 e. The van der Waals surface area contributed by atoms with Crippen LogP contribution in [0.5, 0.6) is 0 Å². The molecule has 2 heterocycles. The van der Waals surface area contributed by atoms with Gasteiger partial charge in [-0.15, -0.1) is 0 Å². The quantitative estimate of drug-likeness (QED) is 0.903. The van der Waals surface area contributed by atoms with Crippen molar-refractivity contribution < 1.29 is 9.53 Å².